The Kier molecular flexibility index (Phi) is 5.62. The van der Waals surface area contributed by atoms with Gasteiger partial charge in [-0.25, -0.2) is 0 Å². The van der Waals surface area contributed by atoms with E-state index in [1.54, 1.807) is 4.68 Å². The minimum Gasteiger partial charge on any atom is -0.325 e. The van der Waals surface area contributed by atoms with Crippen LogP contribution in [0, 0.1) is 6.92 Å². The highest BCUT2D eigenvalue weighted by atomic mass is 35.5. The number of carbonyl (C=O) groups is 1. The molecule has 8 heteroatoms. The molecule has 1 amide bonds. The number of halogens is 1. The molecule has 4 aromatic rings. The van der Waals surface area contributed by atoms with Gasteiger partial charge in [-0.3, -0.25) is 9.69 Å². The molecule has 0 aliphatic carbocycles. The lowest BCUT2D eigenvalue weighted by atomic mass is 10.0. The van der Waals surface area contributed by atoms with Crippen LogP contribution in [0.3, 0.4) is 0 Å². The van der Waals surface area contributed by atoms with E-state index in [1.807, 2.05) is 90.7 Å². The first-order chi connectivity index (χ1) is 16.1. The molecule has 1 atom stereocenters. The number of aryl methyl sites for hydroxylation is 1. The van der Waals surface area contributed by atoms with Crippen molar-refractivity contribution >= 4 is 34.8 Å². The van der Waals surface area contributed by atoms with E-state index in [1.165, 1.54) is 0 Å². The van der Waals surface area contributed by atoms with Crippen LogP contribution in [0.1, 0.15) is 22.7 Å². The zero-order valence-electron chi connectivity index (χ0n) is 17.9. The molecule has 0 radical (unpaired) electrons. The fourth-order valence-corrected chi connectivity index (χ4v) is 3.99. The van der Waals surface area contributed by atoms with Crippen LogP contribution in [0.4, 0.5) is 11.6 Å². The minimum absolute atomic E-state index is 0.0579. The van der Waals surface area contributed by atoms with E-state index < -0.39 is 0 Å². The van der Waals surface area contributed by atoms with Crippen LogP contribution in [0.2, 0.25) is 5.02 Å². The van der Waals surface area contributed by atoms with Gasteiger partial charge in [0.25, 0.3) is 5.95 Å². The minimum atomic E-state index is -0.237. The lowest BCUT2D eigenvalue weighted by Gasteiger charge is -2.32. The van der Waals surface area contributed by atoms with Gasteiger partial charge in [0.05, 0.1) is 5.70 Å². The van der Waals surface area contributed by atoms with Crippen LogP contribution in [-0.4, -0.2) is 32.7 Å². The number of allylic oxidation sites excluding steroid dienone is 1. The van der Waals surface area contributed by atoms with Gasteiger partial charge in [-0.2, -0.15) is 4.68 Å². The summed E-state index contributed by atoms with van der Waals surface area (Å²) in [7, 11) is 0. The molecule has 2 heterocycles. The molecular formula is C25H21ClN6O. The van der Waals surface area contributed by atoms with E-state index >= 15 is 0 Å². The molecule has 7 nitrogen and oxygen atoms in total. The third kappa shape index (κ3) is 4.36. The van der Waals surface area contributed by atoms with Gasteiger partial charge < -0.3 is 5.32 Å². The van der Waals surface area contributed by atoms with Crippen molar-refractivity contribution in [1.29, 1.82) is 0 Å². The zero-order chi connectivity index (χ0) is 22.8. The first kappa shape index (κ1) is 20.9. The van der Waals surface area contributed by atoms with Crippen molar-refractivity contribution in [2.24, 2.45) is 0 Å². The van der Waals surface area contributed by atoms with E-state index in [0.717, 1.165) is 28.1 Å². The number of benzene rings is 3. The van der Waals surface area contributed by atoms with Crippen molar-refractivity contribution in [1.82, 2.24) is 20.2 Å². The summed E-state index contributed by atoms with van der Waals surface area (Å²) in [5.41, 5.74) is 4.69. The molecule has 5 rings (SSSR count). The Bertz CT molecular complexity index is 1300. The molecule has 164 valence electrons. The number of fused-ring (bicyclic) bond motifs is 1. The molecule has 0 spiro atoms. The third-order valence-corrected chi connectivity index (χ3v) is 5.76. The van der Waals surface area contributed by atoms with Gasteiger partial charge in [-0.05, 0) is 58.8 Å². The molecule has 1 N–H and O–H groups in total. The van der Waals surface area contributed by atoms with Crippen molar-refractivity contribution in [2.45, 2.75) is 13.0 Å². The van der Waals surface area contributed by atoms with Crippen LogP contribution in [0.25, 0.3) is 5.70 Å². The summed E-state index contributed by atoms with van der Waals surface area (Å²) >= 11 is 6.09. The van der Waals surface area contributed by atoms with Gasteiger partial charge in [0, 0.05) is 10.7 Å². The topological polar surface area (TPSA) is 75.9 Å². The Labute approximate surface area is 196 Å². The van der Waals surface area contributed by atoms with Crippen molar-refractivity contribution in [3.05, 3.63) is 107 Å². The lowest BCUT2D eigenvalue weighted by Crippen LogP contribution is -2.37. The van der Waals surface area contributed by atoms with Crippen LogP contribution in [0.5, 0.6) is 0 Å². The maximum absolute atomic E-state index is 13.0. The second kappa shape index (κ2) is 8.88. The zero-order valence-corrected chi connectivity index (χ0v) is 18.6. The molecule has 3 aromatic carbocycles. The van der Waals surface area contributed by atoms with E-state index in [2.05, 4.69) is 26.9 Å². The molecule has 0 fully saturated rings. The highest BCUT2D eigenvalue weighted by Crippen LogP contribution is 2.36. The first-order valence-electron chi connectivity index (χ1n) is 10.5. The quantitative estimate of drug-likeness (QED) is 0.470. The van der Waals surface area contributed by atoms with E-state index in [0.29, 0.717) is 11.0 Å². The molecule has 0 saturated carbocycles. The maximum atomic E-state index is 13.0. The molecule has 1 aromatic heterocycles. The Morgan fingerprint density at radius 2 is 1.73 bits per heavy atom. The Hall–Kier alpha value is -3.97. The number of carbonyl (C=O) groups excluding carboxylic acids is 1. The Balaban J connectivity index is 1.52. The Morgan fingerprint density at radius 1 is 1.00 bits per heavy atom. The average molecular weight is 457 g/mol. The van der Waals surface area contributed by atoms with Gasteiger partial charge >= 0.3 is 0 Å². The van der Waals surface area contributed by atoms with Gasteiger partial charge in [0.2, 0.25) is 5.91 Å². The molecule has 0 bridgehead atoms. The smallest absolute Gasteiger partial charge is 0.251 e. The monoisotopic (exact) mass is 456 g/mol. The molecular weight excluding hydrogens is 436 g/mol. The number of tetrazole rings is 1. The second-order valence-electron chi connectivity index (χ2n) is 7.84. The van der Waals surface area contributed by atoms with E-state index in [9.17, 15) is 4.79 Å². The number of hydrogen-bond acceptors (Lipinski definition) is 5. The number of nitrogens with zero attached hydrogens (tertiary/aromatic N) is 5. The van der Waals surface area contributed by atoms with Crippen molar-refractivity contribution in [3.8, 4) is 0 Å². The largest absolute Gasteiger partial charge is 0.325 e. The summed E-state index contributed by atoms with van der Waals surface area (Å²) in [6, 6.07) is 25.0. The van der Waals surface area contributed by atoms with Crippen molar-refractivity contribution in [2.75, 3.05) is 16.8 Å². The molecule has 1 aliphatic heterocycles. The molecule has 1 aliphatic rings. The molecule has 0 unspecified atom stereocenters. The highest BCUT2D eigenvalue weighted by Gasteiger charge is 2.31. The van der Waals surface area contributed by atoms with Crippen LogP contribution in [-0.2, 0) is 4.79 Å². The van der Waals surface area contributed by atoms with Gasteiger partial charge in [0.1, 0.15) is 12.6 Å². The highest BCUT2D eigenvalue weighted by molar-refractivity contribution is 6.30. The van der Waals surface area contributed by atoms with Crippen LogP contribution < -0.4 is 10.2 Å². The molecule has 0 saturated heterocycles. The second-order valence-corrected chi connectivity index (χ2v) is 8.27. The van der Waals surface area contributed by atoms with E-state index in [-0.39, 0.29) is 18.5 Å². The predicted molar refractivity (Wildman–Crippen MR) is 129 cm³/mol. The normalized spacial score (nSPS) is 15.0. The summed E-state index contributed by atoms with van der Waals surface area (Å²) in [4.78, 5) is 14.8. The predicted octanol–water partition coefficient (Wildman–Crippen LogP) is 4.72. The van der Waals surface area contributed by atoms with Crippen molar-refractivity contribution in [3.63, 3.8) is 0 Å². The number of rotatable bonds is 5. The summed E-state index contributed by atoms with van der Waals surface area (Å²) in [6.07, 6.45) is 2.07. The van der Waals surface area contributed by atoms with Crippen molar-refractivity contribution < 1.29 is 4.79 Å². The summed E-state index contributed by atoms with van der Waals surface area (Å²) in [5.74, 6) is 0.329. The van der Waals surface area contributed by atoms with Crippen LogP contribution in [0.15, 0.2) is 84.9 Å². The summed E-state index contributed by atoms with van der Waals surface area (Å²) in [5, 5.41) is 16.0. The number of nitrogens with one attached hydrogen (secondary N) is 1. The molecule has 33 heavy (non-hydrogen) atoms. The fraction of sp³-hybridized carbons (Fsp3) is 0.120. The summed E-state index contributed by atoms with van der Waals surface area (Å²) in [6.45, 7) is 2.06. The van der Waals surface area contributed by atoms with Gasteiger partial charge in [-0.1, -0.05) is 76.9 Å². The van der Waals surface area contributed by atoms with E-state index in [4.69, 9.17) is 11.6 Å². The maximum Gasteiger partial charge on any atom is 0.251 e. The van der Waals surface area contributed by atoms with Gasteiger partial charge in [-0.15, -0.1) is 0 Å². The van der Waals surface area contributed by atoms with Crippen LogP contribution >= 0.6 is 11.6 Å². The number of aromatic nitrogens is 4. The first-order valence-corrected chi connectivity index (χ1v) is 10.9. The standard InChI is InChI=1S/C25H21ClN6O/c1-17-7-13-21(14-8-17)27-24(33)16-31-22(18-5-3-2-4-6-18)15-23(32-25(31)28-29-30-32)19-9-11-20(26)12-10-19/h2-15,23H,16H2,1H3,(H,27,33)/t23-/m0/s1. The lowest BCUT2D eigenvalue weighted by molar-refractivity contribution is -0.114. The Morgan fingerprint density at radius 3 is 2.45 bits per heavy atom. The fourth-order valence-electron chi connectivity index (χ4n) is 3.86. The number of hydrogen-bond donors (Lipinski definition) is 1. The third-order valence-electron chi connectivity index (χ3n) is 5.51. The summed E-state index contributed by atoms with van der Waals surface area (Å²) < 4.78 is 1.72. The van der Waals surface area contributed by atoms with Gasteiger partial charge in [0.15, 0.2) is 0 Å². The average Bonchev–Trinajstić information content (AvgIpc) is 3.32. The number of anilines is 2. The SMILES string of the molecule is Cc1ccc(NC(=O)CN2C(c3ccccc3)=C[C@@H](c3ccc(Cl)cc3)n3nnnc32)cc1. The number of amides is 1.